The van der Waals surface area contributed by atoms with Crippen molar-refractivity contribution in [2.75, 3.05) is 24.1 Å². The highest BCUT2D eigenvalue weighted by Crippen LogP contribution is 2.22. The second-order valence-electron chi connectivity index (χ2n) is 10.4. The summed E-state index contributed by atoms with van der Waals surface area (Å²) in [5.74, 6) is -1.85. The molecule has 1 aromatic carbocycles. The lowest BCUT2D eigenvalue weighted by molar-refractivity contribution is -0.144. The minimum Gasteiger partial charge on any atom is -0.396 e. The molecule has 2 aliphatic heterocycles. The van der Waals surface area contributed by atoms with Crippen LogP contribution in [0.15, 0.2) is 24.3 Å². The molecular weight excluding hydrogens is 526 g/mol. The van der Waals surface area contributed by atoms with Crippen molar-refractivity contribution in [1.82, 2.24) is 20.9 Å². The first-order valence-electron chi connectivity index (χ1n) is 13.3. The molecule has 0 unspecified atom stereocenters. The van der Waals surface area contributed by atoms with E-state index >= 15 is 0 Å². The second kappa shape index (κ2) is 12.8. The Morgan fingerprint density at radius 3 is 2.36 bits per heavy atom. The van der Waals surface area contributed by atoms with E-state index in [1.54, 1.807) is 38.1 Å². The first-order valence-corrected chi connectivity index (χ1v) is 15.2. The number of carbonyl (C=O) groups excluding carboxylic acids is 4. The van der Waals surface area contributed by atoms with E-state index in [-0.39, 0.29) is 25.9 Å². The van der Waals surface area contributed by atoms with Gasteiger partial charge in [0.15, 0.2) is 0 Å². The van der Waals surface area contributed by atoms with Crippen molar-refractivity contribution in [3.05, 3.63) is 29.8 Å². The number of nitrogens with zero attached hydrogens (tertiary/aromatic N) is 1. The minimum absolute atomic E-state index is 0.0411. The molecule has 13 heteroatoms. The van der Waals surface area contributed by atoms with Gasteiger partial charge >= 0.3 is 0 Å². The number of carbonyl (C=O) groups is 4. The highest BCUT2D eigenvalue weighted by molar-refractivity contribution is 7.92. The topological polar surface area (TPSA) is 174 Å². The van der Waals surface area contributed by atoms with Crippen molar-refractivity contribution in [2.24, 2.45) is 0 Å². The molecular formula is C26H39N5O7S. The normalized spacial score (nSPS) is 26.6. The summed E-state index contributed by atoms with van der Waals surface area (Å²) in [5, 5.41) is 17.5. The van der Waals surface area contributed by atoms with Crippen LogP contribution >= 0.6 is 0 Å². The predicted molar refractivity (Wildman–Crippen MR) is 145 cm³/mol. The standard InChI is InChI=1S/C26H39N5O7S/c1-4-26(2)25(36)28-20(16-17-10-12-18(13-11-17)30-39(3,37)38)24(35)31-14-7-9-21(31)23(34)27-19(22(33)29-26)8-5-6-15-32/h10-13,19-21,30,32H,4-9,14-16H2,1-3H3,(H,27,34)(H,28,36)(H,29,33)/t19-,20-,21+,26-/m0/s1. The zero-order valence-electron chi connectivity index (χ0n) is 22.7. The van der Waals surface area contributed by atoms with E-state index in [1.807, 2.05) is 0 Å². The number of anilines is 1. The smallest absolute Gasteiger partial charge is 0.246 e. The van der Waals surface area contributed by atoms with E-state index in [0.29, 0.717) is 43.5 Å². The van der Waals surface area contributed by atoms with Gasteiger partial charge in [-0.2, -0.15) is 0 Å². The van der Waals surface area contributed by atoms with Gasteiger partial charge in [0.2, 0.25) is 33.7 Å². The maximum Gasteiger partial charge on any atom is 0.246 e. The van der Waals surface area contributed by atoms with Crippen LogP contribution in [0.1, 0.15) is 57.9 Å². The molecule has 1 aromatic rings. The molecule has 2 aliphatic rings. The monoisotopic (exact) mass is 565 g/mol. The average Bonchev–Trinajstić information content (AvgIpc) is 3.37. The van der Waals surface area contributed by atoms with Crippen LogP contribution in [0.5, 0.6) is 0 Å². The molecule has 39 heavy (non-hydrogen) atoms. The molecule has 2 heterocycles. The Bertz CT molecular complexity index is 1170. The van der Waals surface area contributed by atoms with Gasteiger partial charge in [0, 0.05) is 25.3 Å². The number of fused-ring (bicyclic) bond motifs is 1. The van der Waals surface area contributed by atoms with Gasteiger partial charge in [-0.15, -0.1) is 0 Å². The van der Waals surface area contributed by atoms with Crippen LogP contribution in [-0.2, 0) is 35.6 Å². The first-order chi connectivity index (χ1) is 18.4. The predicted octanol–water partition coefficient (Wildman–Crippen LogP) is 0.0223. The molecule has 4 atom stereocenters. The zero-order valence-corrected chi connectivity index (χ0v) is 23.5. The lowest BCUT2D eigenvalue weighted by Crippen LogP contribution is -2.65. The van der Waals surface area contributed by atoms with E-state index in [9.17, 15) is 27.6 Å². The van der Waals surface area contributed by atoms with Crippen molar-refractivity contribution in [3.63, 3.8) is 0 Å². The Hall–Kier alpha value is -3.19. The maximum absolute atomic E-state index is 13.8. The summed E-state index contributed by atoms with van der Waals surface area (Å²) < 4.78 is 25.4. The summed E-state index contributed by atoms with van der Waals surface area (Å²) in [6, 6.07) is 3.76. The molecule has 3 rings (SSSR count). The molecule has 216 valence electrons. The van der Waals surface area contributed by atoms with Crippen molar-refractivity contribution in [2.45, 2.75) is 82.5 Å². The largest absolute Gasteiger partial charge is 0.396 e. The van der Waals surface area contributed by atoms with E-state index in [2.05, 4.69) is 20.7 Å². The molecule has 0 aliphatic carbocycles. The Balaban J connectivity index is 1.92. The van der Waals surface area contributed by atoms with Crippen LogP contribution in [0.25, 0.3) is 0 Å². The summed E-state index contributed by atoms with van der Waals surface area (Å²) in [5.41, 5.74) is -0.310. The fraction of sp³-hybridized carbons (Fsp3) is 0.615. The van der Waals surface area contributed by atoms with Gasteiger partial charge < -0.3 is 26.0 Å². The Morgan fingerprint density at radius 2 is 1.74 bits per heavy atom. The highest BCUT2D eigenvalue weighted by atomic mass is 32.2. The van der Waals surface area contributed by atoms with Gasteiger partial charge in [0.05, 0.1) is 6.26 Å². The number of nitrogens with one attached hydrogen (secondary N) is 4. The van der Waals surface area contributed by atoms with Crippen LogP contribution in [0.4, 0.5) is 5.69 Å². The van der Waals surface area contributed by atoms with Crippen molar-refractivity contribution in [3.8, 4) is 0 Å². The average molecular weight is 566 g/mol. The lowest BCUT2D eigenvalue weighted by atomic mass is 9.94. The van der Waals surface area contributed by atoms with Gasteiger partial charge in [-0.25, -0.2) is 8.42 Å². The number of hydrogen-bond acceptors (Lipinski definition) is 7. The van der Waals surface area contributed by atoms with E-state index in [4.69, 9.17) is 5.11 Å². The number of benzene rings is 1. The summed E-state index contributed by atoms with van der Waals surface area (Å²) in [4.78, 5) is 55.3. The number of aliphatic hydroxyl groups is 1. The molecule has 0 bridgehead atoms. The SMILES string of the molecule is CC[C@]1(C)NC(=O)[C@H](CCCCO)NC(=O)[C@H]2CCCN2C(=O)[C@H](Cc2ccc(NS(C)(=O)=O)cc2)NC1=O. The lowest BCUT2D eigenvalue weighted by Gasteiger charge is -2.36. The Labute approximate surface area is 229 Å². The molecule has 4 amide bonds. The summed E-state index contributed by atoms with van der Waals surface area (Å²) in [7, 11) is -3.45. The van der Waals surface area contributed by atoms with Crippen LogP contribution in [0.3, 0.4) is 0 Å². The van der Waals surface area contributed by atoms with Crippen molar-refractivity contribution in [1.29, 1.82) is 0 Å². The molecule has 0 aromatic heterocycles. The molecule has 5 N–H and O–H groups in total. The molecule has 2 saturated heterocycles. The number of amides is 4. The maximum atomic E-state index is 13.8. The van der Waals surface area contributed by atoms with Crippen LogP contribution in [0, 0.1) is 0 Å². The van der Waals surface area contributed by atoms with Gasteiger partial charge in [-0.05, 0) is 63.1 Å². The summed E-state index contributed by atoms with van der Waals surface area (Å²) in [6.45, 7) is 3.61. The molecule has 0 saturated carbocycles. The zero-order chi connectivity index (χ0) is 28.8. The fourth-order valence-electron chi connectivity index (χ4n) is 4.84. The third kappa shape index (κ3) is 7.91. The van der Waals surface area contributed by atoms with E-state index in [0.717, 1.165) is 6.26 Å². The van der Waals surface area contributed by atoms with Crippen LogP contribution < -0.4 is 20.7 Å². The second-order valence-corrected chi connectivity index (χ2v) is 12.2. The molecule has 12 nitrogen and oxygen atoms in total. The third-order valence-electron chi connectivity index (χ3n) is 7.28. The van der Waals surface area contributed by atoms with Crippen LogP contribution in [0.2, 0.25) is 0 Å². The Morgan fingerprint density at radius 1 is 1.05 bits per heavy atom. The van der Waals surface area contributed by atoms with Crippen LogP contribution in [-0.4, -0.2) is 85.1 Å². The number of hydrogen-bond donors (Lipinski definition) is 5. The van der Waals surface area contributed by atoms with E-state index < -0.39 is 57.3 Å². The number of sulfonamides is 1. The molecule has 0 spiro atoms. The molecule has 0 radical (unpaired) electrons. The third-order valence-corrected chi connectivity index (χ3v) is 7.89. The fourth-order valence-corrected chi connectivity index (χ4v) is 5.41. The number of unbranched alkanes of at least 4 members (excludes halogenated alkanes) is 1. The van der Waals surface area contributed by atoms with Gasteiger partial charge in [-0.3, -0.25) is 23.9 Å². The first kappa shape index (κ1) is 30.4. The molecule has 2 fully saturated rings. The Kier molecular flexibility index (Phi) is 9.94. The van der Waals surface area contributed by atoms with Gasteiger partial charge in [-0.1, -0.05) is 19.1 Å². The van der Waals surface area contributed by atoms with Crippen molar-refractivity contribution < 1.29 is 32.7 Å². The minimum atomic E-state index is -3.45. The highest BCUT2D eigenvalue weighted by Gasteiger charge is 2.43. The quantitative estimate of drug-likeness (QED) is 0.262. The summed E-state index contributed by atoms with van der Waals surface area (Å²) in [6.07, 6.45) is 3.67. The van der Waals surface area contributed by atoms with E-state index in [1.165, 1.54) is 4.90 Å². The number of rotatable bonds is 9. The van der Waals surface area contributed by atoms with Gasteiger partial charge in [0.1, 0.15) is 23.7 Å². The van der Waals surface area contributed by atoms with Crippen molar-refractivity contribution >= 4 is 39.3 Å². The van der Waals surface area contributed by atoms with Gasteiger partial charge in [0.25, 0.3) is 0 Å². The number of aliphatic hydroxyl groups excluding tert-OH is 1. The summed E-state index contributed by atoms with van der Waals surface area (Å²) >= 11 is 0.